The minimum atomic E-state index is 0.636. The van der Waals surface area contributed by atoms with Crippen LogP contribution >= 0.6 is 11.3 Å². The van der Waals surface area contributed by atoms with Gasteiger partial charge in [0.2, 0.25) is 0 Å². The maximum atomic E-state index is 3.73. The van der Waals surface area contributed by atoms with Crippen molar-refractivity contribution in [2.45, 2.75) is 65.6 Å². The van der Waals surface area contributed by atoms with E-state index in [0.717, 1.165) is 12.5 Å². The van der Waals surface area contributed by atoms with Crippen LogP contribution in [-0.4, -0.2) is 36.1 Å². The van der Waals surface area contributed by atoms with Crippen LogP contribution in [0.15, 0.2) is 12.1 Å². The quantitative estimate of drug-likeness (QED) is 0.891. The second kappa shape index (κ2) is 7.06. The molecule has 1 fully saturated rings. The fourth-order valence-corrected chi connectivity index (χ4v) is 4.20. The molecule has 3 heteroatoms. The topological polar surface area (TPSA) is 15.3 Å². The Morgan fingerprint density at radius 3 is 2.75 bits per heavy atom. The molecule has 0 aliphatic carbocycles. The number of thiophene rings is 1. The molecule has 4 unspecified atom stereocenters. The molecule has 2 nitrogen and oxygen atoms in total. The molecule has 114 valence electrons. The molecule has 4 atom stereocenters. The lowest BCUT2D eigenvalue weighted by atomic mass is 9.94. The van der Waals surface area contributed by atoms with E-state index in [2.05, 4.69) is 57.0 Å². The third-order valence-electron chi connectivity index (χ3n) is 4.84. The van der Waals surface area contributed by atoms with E-state index in [-0.39, 0.29) is 0 Å². The van der Waals surface area contributed by atoms with Gasteiger partial charge in [0.1, 0.15) is 0 Å². The summed E-state index contributed by atoms with van der Waals surface area (Å²) in [5, 5.41) is 3.73. The molecule has 1 aromatic rings. The SMILES string of the molecule is CCC(C)C1CN(C(C)Cc2ccc(C)s2)C(C)CN1. The molecule has 1 aliphatic rings. The molecule has 2 heterocycles. The second-order valence-electron chi connectivity index (χ2n) is 6.51. The van der Waals surface area contributed by atoms with Crippen LogP contribution in [0, 0.1) is 12.8 Å². The summed E-state index contributed by atoms with van der Waals surface area (Å²) in [7, 11) is 0. The number of nitrogens with one attached hydrogen (secondary N) is 1. The van der Waals surface area contributed by atoms with Gasteiger partial charge in [0.15, 0.2) is 0 Å². The van der Waals surface area contributed by atoms with Crippen molar-refractivity contribution in [1.29, 1.82) is 0 Å². The van der Waals surface area contributed by atoms with E-state index in [1.807, 2.05) is 11.3 Å². The largest absolute Gasteiger partial charge is 0.311 e. The van der Waals surface area contributed by atoms with Crippen molar-refractivity contribution in [3.8, 4) is 0 Å². The maximum absolute atomic E-state index is 3.73. The van der Waals surface area contributed by atoms with E-state index in [9.17, 15) is 0 Å². The van der Waals surface area contributed by atoms with Gasteiger partial charge in [0, 0.05) is 41.0 Å². The van der Waals surface area contributed by atoms with Gasteiger partial charge in [-0.15, -0.1) is 11.3 Å². The van der Waals surface area contributed by atoms with Gasteiger partial charge in [0.05, 0.1) is 0 Å². The monoisotopic (exact) mass is 294 g/mol. The van der Waals surface area contributed by atoms with Crippen LogP contribution in [0.25, 0.3) is 0 Å². The van der Waals surface area contributed by atoms with Crippen LogP contribution in [0.5, 0.6) is 0 Å². The first-order valence-corrected chi connectivity index (χ1v) is 8.87. The zero-order valence-electron chi connectivity index (χ0n) is 13.6. The number of hydrogen-bond acceptors (Lipinski definition) is 3. The van der Waals surface area contributed by atoms with Crippen molar-refractivity contribution in [3.63, 3.8) is 0 Å². The summed E-state index contributed by atoms with van der Waals surface area (Å²) in [6.07, 6.45) is 2.45. The molecule has 1 aromatic heterocycles. The van der Waals surface area contributed by atoms with E-state index < -0.39 is 0 Å². The molecule has 0 saturated carbocycles. The summed E-state index contributed by atoms with van der Waals surface area (Å²) in [4.78, 5) is 5.67. The predicted octanol–water partition coefficient (Wildman–Crippen LogP) is 3.70. The molecular weight excluding hydrogens is 264 g/mol. The van der Waals surface area contributed by atoms with Crippen LogP contribution < -0.4 is 5.32 Å². The molecule has 0 amide bonds. The highest BCUT2D eigenvalue weighted by atomic mass is 32.1. The van der Waals surface area contributed by atoms with Crippen molar-refractivity contribution in [2.24, 2.45) is 5.92 Å². The molecule has 0 bridgehead atoms. The fourth-order valence-electron chi connectivity index (χ4n) is 3.19. The van der Waals surface area contributed by atoms with Crippen LogP contribution in [0.1, 0.15) is 43.9 Å². The molecule has 0 spiro atoms. The normalized spacial score (nSPS) is 27.4. The van der Waals surface area contributed by atoms with Gasteiger partial charge in [0.25, 0.3) is 0 Å². The summed E-state index contributed by atoms with van der Waals surface area (Å²) >= 11 is 1.95. The van der Waals surface area contributed by atoms with Crippen LogP contribution in [-0.2, 0) is 6.42 Å². The minimum absolute atomic E-state index is 0.636. The van der Waals surface area contributed by atoms with Crippen molar-refractivity contribution < 1.29 is 0 Å². The average molecular weight is 295 g/mol. The molecule has 1 saturated heterocycles. The predicted molar refractivity (Wildman–Crippen MR) is 89.6 cm³/mol. The van der Waals surface area contributed by atoms with Crippen molar-refractivity contribution >= 4 is 11.3 Å². The number of nitrogens with zero attached hydrogens (tertiary/aromatic N) is 1. The molecule has 1 aliphatic heterocycles. The van der Waals surface area contributed by atoms with Crippen LogP contribution in [0.4, 0.5) is 0 Å². The van der Waals surface area contributed by atoms with E-state index in [1.54, 1.807) is 0 Å². The zero-order valence-corrected chi connectivity index (χ0v) is 14.5. The minimum Gasteiger partial charge on any atom is -0.311 e. The van der Waals surface area contributed by atoms with E-state index in [0.29, 0.717) is 18.1 Å². The molecule has 2 rings (SSSR count). The van der Waals surface area contributed by atoms with Crippen LogP contribution in [0.2, 0.25) is 0 Å². The Morgan fingerprint density at radius 2 is 2.15 bits per heavy atom. The van der Waals surface area contributed by atoms with E-state index in [1.165, 1.54) is 29.1 Å². The summed E-state index contributed by atoms with van der Waals surface area (Å²) in [5.74, 6) is 0.765. The number of hydrogen-bond donors (Lipinski definition) is 1. The Morgan fingerprint density at radius 1 is 1.40 bits per heavy atom. The Kier molecular flexibility index (Phi) is 5.65. The lowest BCUT2D eigenvalue weighted by Gasteiger charge is -2.44. The first kappa shape index (κ1) is 16.0. The highest BCUT2D eigenvalue weighted by Gasteiger charge is 2.30. The second-order valence-corrected chi connectivity index (χ2v) is 7.88. The standard InChI is InChI=1S/C17H30N2S/c1-6-12(2)17-11-19(14(4)10-18-17)13(3)9-16-8-7-15(5)20-16/h7-8,12-14,17-18H,6,9-11H2,1-5H3. The molecule has 0 radical (unpaired) electrons. The average Bonchev–Trinajstić information content (AvgIpc) is 2.83. The highest BCUT2D eigenvalue weighted by Crippen LogP contribution is 2.22. The Balaban J connectivity index is 1.97. The van der Waals surface area contributed by atoms with Gasteiger partial charge in [-0.1, -0.05) is 20.3 Å². The Hall–Kier alpha value is -0.380. The van der Waals surface area contributed by atoms with Gasteiger partial charge in [-0.25, -0.2) is 0 Å². The molecule has 1 N–H and O–H groups in total. The van der Waals surface area contributed by atoms with Gasteiger partial charge in [-0.05, 0) is 45.2 Å². The van der Waals surface area contributed by atoms with Crippen LogP contribution in [0.3, 0.4) is 0 Å². The first-order valence-electron chi connectivity index (χ1n) is 8.05. The van der Waals surface area contributed by atoms with Crippen molar-refractivity contribution in [1.82, 2.24) is 10.2 Å². The zero-order chi connectivity index (χ0) is 14.7. The van der Waals surface area contributed by atoms with Crippen molar-refractivity contribution in [2.75, 3.05) is 13.1 Å². The van der Waals surface area contributed by atoms with E-state index >= 15 is 0 Å². The lowest BCUT2D eigenvalue weighted by Crippen LogP contribution is -2.59. The lowest BCUT2D eigenvalue weighted by molar-refractivity contribution is 0.0823. The van der Waals surface area contributed by atoms with Gasteiger partial charge < -0.3 is 5.32 Å². The van der Waals surface area contributed by atoms with Gasteiger partial charge in [-0.2, -0.15) is 0 Å². The highest BCUT2D eigenvalue weighted by molar-refractivity contribution is 7.11. The molecular formula is C17H30N2S. The summed E-state index contributed by atoms with van der Waals surface area (Å²) in [6.45, 7) is 13.9. The number of aryl methyl sites for hydroxylation is 1. The first-order chi connectivity index (χ1) is 9.51. The summed E-state index contributed by atoms with van der Waals surface area (Å²) < 4.78 is 0. The number of rotatable bonds is 5. The third kappa shape index (κ3) is 3.84. The van der Waals surface area contributed by atoms with Gasteiger partial charge >= 0.3 is 0 Å². The van der Waals surface area contributed by atoms with Gasteiger partial charge in [-0.3, -0.25) is 4.90 Å². The van der Waals surface area contributed by atoms with Crippen molar-refractivity contribution in [3.05, 3.63) is 21.9 Å². The van der Waals surface area contributed by atoms with E-state index in [4.69, 9.17) is 0 Å². The summed E-state index contributed by atoms with van der Waals surface area (Å²) in [6, 6.07) is 6.48. The summed E-state index contributed by atoms with van der Waals surface area (Å²) in [5.41, 5.74) is 0. The smallest absolute Gasteiger partial charge is 0.0221 e. The number of piperazine rings is 1. The molecule has 0 aromatic carbocycles. The Bertz CT molecular complexity index is 415. The third-order valence-corrected chi connectivity index (χ3v) is 5.86. The Labute approximate surface area is 128 Å². The fraction of sp³-hybridized carbons (Fsp3) is 0.765. The maximum Gasteiger partial charge on any atom is 0.0221 e. The molecule has 20 heavy (non-hydrogen) atoms.